The van der Waals surface area contributed by atoms with Crippen molar-refractivity contribution in [3.8, 4) is 11.1 Å². The maximum atomic E-state index is 6.87. The van der Waals surface area contributed by atoms with Gasteiger partial charge in [0.15, 0.2) is 5.58 Å². The van der Waals surface area contributed by atoms with Gasteiger partial charge in [-0.05, 0) is 106 Å². The van der Waals surface area contributed by atoms with Gasteiger partial charge in [-0.3, -0.25) is 0 Å². The van der Waals surface area contributed by atoms with Crippen molar-refractivity contribution in [1.29, 1.82) is 0 Å². The molecular weight excluding hydrogens is 753 g/mol. The summed E-state index contributed by atoms with van der Waals surface area (Å²) in [7, 11) is 0. The van der Waals surface area contributed by atoms with E-state index in [4.69, 9.17) is 4.42 Å². The Morgan fingerprint density at radius 1 is 0.435 bits per heavy atom. The first-order valence-corrected chi connectivity index (χ1v) is 21.6. The fourth-order valence-corrected chi connectivity index (χ4v) is 11.0. The molecule has 0 N–H and O–H groups in total. The normalized spacial score (nSPS) is 14.0. The third-order valence-electron chi connectivity index (χ3n) is 13.6. The van der Waals surface area contributed by atoms with Crippen LogP contribution in [0, 0.1) is 0 Å². The van der Waals surface area contributed by atoms with E-state index in [0.29, 0.717) is 0 Å². The zero-order valence-corrected chi connectivity index (χ0v) is 34.5. The molecule has 1 aromatic heterocycles. The molecule has 292 valence electrons. The van der Waals surface area contributed by atoms with Gasteiger partial charge in [0.05, 0.1) is 11.4 Å². The highest BCUT2D eigenvalue weighted by atomic mass is 16.3. The first kappa shape index (κ1) is 35.0. The van der Waals surface area contributed by atoms with Gasteiger partial charge in [-0.1, -0.05) is 147 Å². The van der Waals surface area contributed by atoms with E-state index < -0.39 is 0 Å². The molecule has 5 heteroatoms. The molecule has 3 heterocycles. The molecule has 13 rings (SSSR count). The highest BCUT2D eigenvalue weighted by Crippen LogP contribution is 2.55. The molecule has 1 aliphatic carbocycles. The van der Waals surface area contributed by atoms with E-state index in [9.17, 15) is 0 Å². The van der Waals surface area contributed by atoms with Crippen LogP contribution in [0.1, 0.15) is 25.0 Å². The molecule has 4 nitrogen and oxygen atoms in total. The summed E-state index contributed by atoms with van der Waals surface area (Å²) in [5.74, 6) is 0. The Labute approximate surface area is 361 Å². The predicted molar refractivity (Wildman–Crippen MR) is 260 cm³/mol. The Hall–Kier alpha value is -7.76. The summed E-state index contributed by atoms with van der Waals surface area (Å²) >= 11 is 0. The van der Waals surface area contributed by atoms with Gasteiger partial charge in [-0.25, -0.2) is 0 Å². The molecule has 0 unspecified atom stereocenters. The van der Waals surface area contributed by atoms with Crippen LogP contribution in [0.25, 0.3) is 33.1 Å². The second kappa shape index (κ2) is 13.1. The third-order valence-corrected chi connectivity index (χ3v) is 13.6. The summed E-state index contributed by atoms with van der Waals surface area (Å²) in [4.78, 5) is 7.39. The van der Waals surface area contributed by atoms with E-state index in [0.717, 1.165) is 56.1 Å². The lowest BCUT2D eigenvalue weighted by molar-refractivity contribution is 0.660. The van der Waals surface area contributed by atoms with Gasteiger partial charge in [0.25, 0.3) is 6.71 Å². The Morgan fingerprint density at radius 2 is 1.00 bits per heavy atom. The standard InChI is InChI=1S/C57H40BN3O/c1-57(2)43-25-11-9-23-42(43)54-44(57)26-16-29-48(54)60-47-28-13-12-27-45(47)58-46-35-34-39(59(37-18-5-3-6-19-37)38-20-7-4-8-21-38)36-52(46)61(50-31-17-30-49(60)55(50)58)51-32-15-24-41-40-22-10-14-33-53(40)62-56(41)51/h3-36H,1-2H3. The molecule has 0 atom stereocenters. The molecule has 0 saturated heterocycles. The molecule has 62 heavy (non-hydrogen) atoms. The van der Waals surface area contributed by atoms with Gasteiger partial charge in [-0.15, -0.1) is 0 Å². The van der Waals surface area contributed by atoms with Crippen molar-refractivity contribution in [2.75, 3.05) is 14.7 Å². The molecule has 10 aromatic rings. The topological polar surface area (TPSA) is 22.9 Å². The van der Waals surface area contributed by atoms with Crippen molar-refractivity contribution in [2.24, 2.45) is 0 Å². The van der Waals surface area contributed by atoms with Crippen LogP contribution in [0.2, 0.25) is 0 Å². The monoisotopic (exact) mass is 793 g/mol. The van der Waals surface area contributed by atoms with Gasteiger partial charge in [-0.2, -0.15) is 0 Å². The highest BCUT2D eigenvalue weighted by molar-refractivity contribution is 7.00. The number of furan rings is 1. The van der Waals surface area contributed by atoms with E-state index in [1.54, 1.807) is 0 Å². The average molecular weight is 794 g/mol. The average Bonchev–Trinajstić information content (AvgIpc) is 3.82. The molecular formula is C57H40BN3O. The fourth-order valence-electron chi connectivity index (χ4n) is 11.0. The van der Waals surface area contributed by atoms with Crippen molar-refractivity contribution in [3.05, 3.63) is 217 Å². The van der Waals surface area contributed by atoms with E-state index >= 15 is 0 Å². The van der Waals surface area contributed by atoms with E-state index in [1.807, 2.05) is 0 Å². The van der Waals surface area contributed by atoms with Crippen LogP contribution in [0.15, 0.2) is 211 Å². The maximum Gasteiger partial charge on any atom is 0.252 e. The number of fused-ring (bicyclic) bond motifs is 10. The van der Waals surface area contributed by atoms with Crippen LogP contribution >= 0.6 is 0 Å². The Morgan fingerprint density at radius 3 is 1.81 bits per heavy atom. The van der Waals surface area contributed by atoms with Crippen LogP contribution < -0.4 is 31.1 Å². The van der Waals surface area contributed by atoms with Gasteiger partial charge in [0.2, 0.25) is 0 Å². The lowest BCUT2D eigenvalue weighted by atomic mass is 9.33. The van der Waals surface area contributed by atoms with E-state index in [2.05, 4.69) is 235 Å². The minimum absolute atomic E-state index is 0.0220. The number of rotatable bonds is 5. The van der Waals surface area contributed by atoms with Gasteiger partial charge in [0.1, 0.15) is 5.58 Å². The summed E-state index contributed by atoms with van der Waals surface area (Å²) in [6.07, 6.45) is 0. The lowest BCUT2D eigenvalue weighted by Gasteiger charge is -2.44. The molecule has 0 saturated carbocycles. The number of anilines is 9. The highest BCUT2D eigenvalue weighted by Gasteiger charge is 2.45. The van der Waals surface area contributed by atoms with Gasteiger partial charge in [0, 0.05) is 61.6 Å². The number of benzene rings is 9. The third kappa shape index (κ3) is 4.85. The molecule has 3 aliphatic rings. The molecule has 0 bridgehead atoms. The SMILES string of the molecule is CC1(C)c2ccccc2-c2c(N3c4ccccc4B4c5ccc(N(c6ccccc6)c6ccccc6)cc5N(c5cccc6c5oc5ccccc56)c5cccc3c54)cccc21. The maximum absolute atomic E-state index is 6.87. The van der Waals surface area contributed by atoms with Crippen molar-refractivity contribution in [3.63, 3.8) is 0 Å². The predicted octanol–water partition coefficient (Wildman–Crippen LogP) is 13.4. The summed E-state index contributed by atoms with van der Waals surface area (Å²) in [6.45, 7) is 4.71. The van der Waals surface area contributed by atoms with Crippen LogP contribution in [0.4, 0.5) is 51.2 Å². The van der Waals surface area contributed by atoms with Crippen LogP contribution in [0.5, 0.6) is 0 Å². The summed E-state index contributed by atoms with van der Waals surface area (Å²) < 4.78 is 6.87. The number of hydrogen-bond acceptors (Lipinski definition) is 4. The first-order chi connectivity index (χ1) is 30.6. The fraction of sp³-hybridized carbons (Fsp3) is 0.0526. The number of nitrogens with zero attached hydrogens (tertiary/aromatic N) is 3. The van der Waals surface area contributed by atoms with Crippen molar-refractivity contribution < 1.29 is 4.42 Å². The Balaban J connectivity index is 1.10. The molecule has 0 spiro atoms. The smallest absolute Gasteiger partial charge is 0.252 e. The Bertz CT molecular complexity index is 3390. The number of hydrogen-bond donors (Lipinski definition) is 0. The summed E-state index contributed by atoms with van der Waals surface area (Å²) in [6, 6.07) is 75.3. The molecule has 2 aliphatic heterocycles. The summed E-state index contributed by atoms with van der Waals surface area (Å²) in [5.41, 5.74) is 21.0. The van der Waals surface area contributed by atoms with E-state index in [-0.39, 0.29) is 12.1 Å². The van der Waals surface area contributed by atoms with Crippen LogP contribution in [0.3, 0.4) is 0 Å². The van der Waals surface area contributed by atoms with Gasteiger partial charge >= 0.3 is 0 Å². The zero-order valence-electron chi connectivity index (χ0n) is 34.5. The largest absolute Gasteiger partial charge is 0.454 e. The summed E-state index contributed by atoms with van der Waals surface area (Å²) in [5, 5.41) is 2.22. The second-order valence-corrected chi connectivity index (χ2v) is 17.2. The van der Waals surface area contributed by atoms with E-state index in [1.165, 1.54) is 55.7 Å². The van der Waals surface area contributed by atoms with Crippen molar-refractivity contribution in [1.82, 2.24) is 0 Å². The quantitative estimate of drug-likeness (QED) is 0.162. The molecule has 9 aromatic carbocycles. The zero-order chi connectivity index (χ0) is 41.1. The Kier molecular flexibility index (Phi) is 7.42. The minimum Gasteiger partial charge on any atom is -0.454 e. The lowest BCUT2D eigenvalue weighted by Crippen LogP contribution is -2.61. The van der Waals surface area contributed by atoms with Crippen molar-refractivity contribution >= 4 is 96.2 Å². The van der Waals surface area contributed by atoms with Gasteiger partial charge < -0.3 is 19.1 Å². The molecule has 0 fully saturated rings. The second-order valence-electron chi connectivity index (χ2n) is 17.2. The minimum atomic E-state index is -0.123. The molecule has 0 radical (unpaired) electrons. The molecule has 0 amide bonds. The van der Waals surface area contributed by atoms with Crippen LogP contribution in [-0.2, 0) is 5.41 Å². The van der Waals surface area contributed by atoms with Crippen LogP contribution in [-0.4, -0.2) is 6.71 Å². The number of para-hydroxylation sites is 5. The van der Waals surface area contributed by atoms with Crippen molar-refractivity contribution in [2.45, 2.75) is 19.3 Å². The first-order valence-electron chi connectivity index (χ1n) is 21.6.